The molecule has 0 N–H and O–H groups in total. The number of benzene rings is 1. The minimum Gasteiger partial charge on any atom is -0.414 e. The molecule has 1 atom stereocenters. The molecule has 0 saturated carbocycles. The summed E-state index contributed by atoms with van der Waals surface area (Å²) in [5, 5.41) is 0.0502. The highest BCUT2D eigenvalue weighted by atomic mass is 32.2. The second kappa shape index (κ2) is 7.30. The maximum Gasteiger partial charge on any atom is 0.297 e. The van der Waals surface area contributed by atoms with Gasteiger partial charge in [-0.15, -0.1) is 6.58 Å². The zero-order chi connectivity index (χ0) is 17.9. The van der Waals surface area contributed by atoms with E-state index in [1.54, 1.807) is 24.3 Å². The Balaban J connectivity index is 2.80. The maximum atomic E-state index is 12.3. The molecule has 1 unspecified atom stereocenters. The molecule has 1 aromatic rings. The van der Waals surface area contributed by atoms with Gasteiger partial charge in [-0.1, -0.05) is 44.5 Å². The van der Waals surface area contributed by atoms with E-state index >= 15 is 0 Å². The lowest BCUT2D eigenvalue weighted by molar-refractivity contribution is 0.159. The molecule has 0 bridgehead atoms. The molecule has 0 aliphatic carbocycles. The zero-order valence-electron chi connectivity index (χ0n) is 14.9. The molecule has 0 aliphatic rings. The highest BCUT2D eigenvalue weighted by Crippen LogP contribution is 2.36. The SMILES string of the molecule is C=CC(CO[Si](C)(C)C(C)(C)C)OS(=O)(=O)c1ccc(C)cc1. The monoisotopic (exact) mass is 356 g/mol. The molecule has 0 amide bonds. The first-order valence-corrected chi connectivity index (χ1v) is 12.0. The highest BCUT2D eigenvalue weighted by Gasteiger charge is 2.37. The van der Waals surface area contributed by atoms with E-state index in [2.05, 4.69) is 40.4 Å². The van der Waals surface area contributed by atoms with Crippen LogP contribution in [-0.2, 0) is 18.7 Å². The summed E-state index contributed by atoms with van der Waals surface area (Å²) in [5.74, 6) is 0. The van der Waals surface area contributed by atoms with Crippen LogP contribution in [0.2, 0.25) is 18.1 Å². The van der Waals surface area contributed by atoms with Crippen LogP contribution in [0.25, 0.3) is 0 Å². The molecule has 0 aliphatic heterocycles. The average molecular weight is 357 g/mol. The third kappa shape index (κ3) is 5.56. The molecular weight excluding hydrogens is 328 g/mol. The first-order chi connectivity index (χ1) is 10.4. The summed E-state index contributed by atoms with van der Waals surface area (Å²) < 4.78 is 35.9. The number of aryl methyl sites for hydroxylation is 1. The maximum absolute atomic E-state index is 12.3. The van der Waals surface area contributed by atoms with Crippen molar-refractivity contribution in [2.24, 2.45) is 0 Å². The third-order valence-corrected chi connectivity index (χ3v) is 10.1. The highest BCUT2D eigenvalue weighted by molar-refractivity contribution is 7.86. The Kier molecular flexibility index (Phi) is 6.37. The Hall–Kier alpha value is -0.953. The number of hydrogen-bond donors (Lipinski definition) is 0. The summed E-state index contributed by atoms with van der Waals surface area (Å²) in [6.45, 7) is 16.4. The quantitative estimate of drug-likeness (QED) is 0.416. The van der Waals surface area contributed by atoms with E-state index in [0.717, 1.165) is 5.56 Å². The van der Waals surface area contributed by atoms with Gasteiger partial charge in [-0.25, -0.2) is 0 Å². The second-order valence-corrected chi connectivity index (χ2v) is 13.6. The lowest BCUT2D eigenvalue weighted by Gasteiger charge is -2.36. The summed E-state index contributed by atoms with van der Waals surface area (Å²) in [5.41, 5.74) is 0.991. The van der Waals surface area contributed by atoms with Gasteiger partial charge in [0.25, 0.3) is 10.1 Å². The molecule has 0 fully saturated rings. The molecule has 6 heteroatoms. The van der Waals surface area contributed by atoms with Crippen molar-refractivity contribution < 1.29 is 17.0 Å². The molecule has 0 spiro atoms. The third-order valence-electron chi connectivity index (χ3n) is 4.24. The lowest BCUT2D eigenvalue weighted by atomic mass is 10.2. The van der Waals surface area contributed by atoms with Crippen molar-refractivity contribution in [2.45, 2.75) is 56.8 Å². The molecule has 130 valence electrons. The van der Waals surface area contributed by atoms with Gasteiger partial charge in [0.2, 0.25) is 0 Å². The number of rotatable bonds is 7. The van der Waals surface area contributed by atoms with Crippen LogP contribution >= 0.6 is 0 Å². The van der Waals surface area contributed by atoms with Crippen LogP contribution in [0.5, 0.6) is 0 Å². The van der Waals surface area contributed by atoms with Crippen molar-refractivity contribution >= 4 is 18.4 Å². The van der Waals surface area contributed by atoms with E-state index in [1.807, 2.05) is 6.92 Å². The lowest BCUT2D eigenvalue weighted by Crippen LogP contribution is -2.43. The molecule has 23 heavy (non-hydrogen) atoms. The summed E-state index contributed by atoms with van der Waals surface area (Å²) in [6, 6.07) is 6.57. The van der Waals surface area contributed by atoms with Crippen molar-refractivity contribution in [3.05, 3.63) is 42.5 Å². The van der Waals surface area contributed by atoms with Gasteiger partial charge in [0.1, 0.15) is 6.10 Å². The molecule has 1 aromatic carbocycles. The Labute approximate surface area is 141 Å². The van der Waals surface area contributed by atoms with Crippen molar-refractivity contribution in [2.75, 3.05) is 6.61 Å². The largest absolute Gasteiger partial charge is 0.414 e. The fraction of sp³-hybridized carbons (Fsp3) is 0.529. The van der Waals surface area contributed by atoms with Crippen LogP contribution in [0.15, 0.2) is 41.8 Å². The Morgan fingerprint density at radius 2 is 1.74 bits per heavy atom. The van der Waals surface area contributed by atoms with Gasteiger partial charge >= 0.3 is 0 Å². The van der Waals surface area contributed by atoms with Gasteiger partial charge in [-0.3, -0.25) is 4.18 Å². The molecular formula is C17H28O4SSi. The van der Waals surface area contributed by atoms with Crippen molar-refractivity contribution in [3.8, 4) is 0 Å². The van der Waals surface area contributed by atoms with Crippen LogP contribution in [0, 0.1) is 6.92 Å². The van der Waals surface area contributed by atoms with E-state index in [-0.39, 0.29) is 16.5 Å². The topological polar surface area (TPSA) is 52.6 Å². The normalized spacial score (nSPS) is 14.5. The van der Waals surface area contributed by atoms with E-state index in [1.165, 1.54) is 6.08 Å². The predicted octanol–water partition coefficient (Wildman–Crippen LogP) is 4.28. The van der Waals surface area contributed by atoms with E-state index in [9.17, 15) is 8.42 Å². The molecule has 4 nitrogen and oxygen atoms in total. The van der Waals surface area contributed by atoms with Crippen molar-refractivity contribution in [1.29, 1.82) is 0 Å². The Morgan fingerprint density at radius 1 is 1.22 bits per heavy atom. The predicted molar refractivity (Wildman–Crippen MR) is 96.6 cm³/mol. The molecule has 0 heterocycles. The van der Waals surface area contributed by atoms with Gasteiger partial charge in [0.05, 0.1) is 11.5 Å². The van der Waals surface area contributed by atoms with Gasteiger partial charge in [0.15, 0.2) is 8.32 Å². The fourth-order valence-electron chi connectivity index (χ4n) is 1.57. The van der Waals surface area contributed by atoms with Gasteiger partial charge in [-0.05, 0) is 37.2 Å². The Bertz CT molecular complexity index is 628. The zero-order valence-corrected chi connectivity index (χ0v) is 16.7. The van der Waals surface area contributed by atoms with Crippen LogP contribution in [-0.4, -0.2) is 29.4 Å². The van der Waals surface area contributed by atoms with Crippen LogP contribution in [0.1, 0.15) is 26.3 Å². The second-order valence-electron chi connectivity index (χ2n) is 7.21. The standard InChI is InChI=1S/C17H28O4SSi/c1-8-15(13-20-23(6,7)17(3,4)5)21-22(18,19)16-11-9-14(2)10-12-16/h8-12,15H,1,13H2,2-7H3. The van der Waals surface area contributed by atoms with Crippen LogP contribution < -0.4 is 0 Å². The minimum absolute atomic E-state index is 0.0502. The minimum atomic E-state index is -3.83. The first kappa shape index (κ1) is 20.1. The average Bonchev–Trinajstić information content (AvgIpc) is 2.42. The van der Waals surface area contributed by atoms with E-state index in [4.69, 9.17) is 8.61 Å². The van der Waals surface area contributed by atoms with E-state index in [0.29, 0.717) is 0 Å². The Morgan fingerprint density at radius 3 is 2.17 bits per heavy atom. The molecule has 1 rings (SSSR count). The van der Waals surface area contributed by atoms with Crippen LogP contribution in [0.4, 0.5) is 0 Å². The summed E-state index contributed by atoms with van der Waals surface area (Å²) in [6.07, 6.45) is 0.772. The van der Waals surface area contributed by atoms with Crippen molar-refractivity contribution in [3.63, 3.8) is 0 Å². The molecule has 0 saturated heterocycles. The van der Waals surface area contributed by atoms with Crippen molar-refractivity contribution in [1.82, 2.24) is 0 Å². The van der Waals surface area contributed by atoms with Crippen LogP contribution in [0.3, 0.4) is 0 Å². The smallest absolute Gasteiger partial charge is 0.297 e. The summed E-state index contributed by atoms with van der Waals surface area (Å²) in [4.78, 5) is 0.141. The fourth-order valence-corrected chi connectivity index (χ4v) is 3.62. The number of hydrogen-bond acceptors (Lipinski definition) is 4. The molecule has 0 aromatic heterocycles. The van der Waals surface area contributed by atoms with Gasteiger partial charge in [-0.2, -0.15) is 8.42 Å². The van der Waals surface area contributed by atoms with Gasteiger partial charge < -0.3 is 4.43 Å². The van der Waals surface area contributed by atoms with E-state index < -0.39 is 24.5 Å². The first-order valence-electron chi connectivity index (χ1n) is 7.65. The summed E-state index contributed by atoms with van der Waals surface area (Å²) >= 11 is 0. The summed E-state index contributed by atoms with van der Waals surface area (Å²) in [7, 11) is -5.80. The van der Waals surface area contributed by atoms with Gasteiger partial charge in [0, 0.05) is 0 Å². The molecule has 0 radical (unpaired) electrons.